The van der Waals surface area contributed by atoms with E-state index in [0.717, 1.165) is 31.3 Å². The summed E-state index contributed by atoms with van der Waals surface area (Å²) >= 11 is 0. The standard InChI is InChI=1S/C15H29N7O/c1-7-16-15(17-10-13-19-18-12(4)21(13)6)20(5)11-14(23)22(8-2)9-3/h7-11H2,1-6H3,(H,16,17). The molecule has 0 fully saturated rings. The Balaban J connectivity index is 2.77. The van der Waals surface area contributed by atoms with Crippen LogP contribution >= 0.6 is 0 Å². The van der Waals surface area contributed by atoms with E-state index in [1.807, 2.05) is 56.2 Å². The fraction of sp³-hybridized carbons (Fsp3) is 0.733. The maximum atomic E-state index is 12.2. The molecule has 0 aliphatic rings. The lowest BCUT2D eigenvalue weighted by molar-refractivity contribution is -0.131. The highest BCUT2D eigenvalue weighted by Crippen LogP contribution is 2.00. The lowest BCUT2D eigenvalue weighted by Gasteiger charge is -2.25. The number of likely N-dealkylation sites (N-methyl/N-ethyl adjacent to an activating group) is 2. The molecule has 1 rings (SSSR count). The highest BCUT2D eigenvalue weighted by Gasteiger charge is 2.15. The van der Waals surface area contributed by atoms with Crippen LogP contribution in [0.2, 0.25) is 0 Å². The number of amides is 1. The number of carbonyl (C=O) groups is 1. The van der Waals surface area contributed by atoms with E-state index in [-0.39, 0.29) is 5.91 Å². The molecular weight excluding hydrogens is 294 g/mol. The van der Waals surface area contributed by atoms with Crippen LogP contribution in [0.3, 0.4) is 0 Å². The van der Waals surface area contributed by atoms with Gasteiger partial charge in [0.1, 0.15) is 12.4 Å². The average molecular weight is 323 g/mol. The Kier molecular flexibility index (Phi) is 7.50. The summed E-state index contributed by atoms with van der Waals surface area (Å²) < 4.78 is 1.91. The summed E-state index contributed by atoms with van der Waals surface area (Å²) in [6, 6.07) is 0. The van der Waals surface area contributed by atoms with Gasteiger partial charge in [0.05, 0.1) is 6.54 Å². The molecule has 0 aromatic carbocycles. The van der Waals surface area contributed by atoms with E-state index in [4.69, 9.17) is 0 Å². The van der Waals surface area contributed by atoms with Crippen molar-refractivity contribution < 1.29 is 4.79 Å². The third-order valence-electron chi connectivity index (χ3n) is 3.74. The fourth-order valence-corrected chi connectivity index (χ4v) is 2.16. The Labute approximate surface area is 138 Å². The second-order valence-electron chi connectivity index (χ2n) is 5.31. The Hall–Kier alpha value is -2.12. The largest absolute Gasteiger partial charge is 0.357 e. The van der Waals surface area contributed by atoms with Gasteiger partial charge < -0.3 is 19.7 Å². The molecule has 1 amide bonds. The Morgan fingerprint density at radius 2 is 1.91 bits per heavy atom. The van der Waals surface area contributed by atoms with Crippen molar-refractivity contribution in [2.45, 2.75) is 34.2 Å². The monoisotopic (exact) mass is 323 g/mol. The maximum absolute atomic E-state index is 12.2. The van der Waals surface area contributed by atoms with Crippen molar-refractivity contribution >= 4 is 11.9 Å². The Morgan fingerprint density at radius 3 is 2.39 bits per heavy atom. The summed E-state index contributed by atoms with van der Waals surface area (Å²) in [7, 11) is 3.78. The van der Waals surface area contributed by atoms with E-state index in [1.165, 1.54) is 0 Å². The smallest absolute Gasteiger partial charge is 0.242 e. The fourth-order valence-electron chi connectivity index (χ4n) is 2.16. The van der Waals surface area contributed by atoms with Gasteiger partial charge in [-0.15, -0.1) is 10.2 Å². The molecule has 23 heavy (non-hydrogen) atoms. The average Bonchev–Trinajstić information content (AvgIpc) is 2.84. The molecule has 0 saturated heterocycles. The molecule has 0 atom stereocenters. The molecule has 0 spiro atoms. The van der Waals surface area contributed by atoms with Crippen LogP contribution in [0.15, 0.2) is 4.99 Å². The van der Waals surface area contributed by atoms with Gasteiger partial charge in [-0.25, -0.2) is 4.99 Å². The number of aryl methyl sites for hydroxylation is 1. The van der Waals surface area contributed by atoms with Gasteiger partial charge in [-0.1, -0.05) is 0 Å². The molecule has 1 aromatic rings. The summed E-state index contributed by atoms with van der Waals surface area (Å²) in [6.07, 6.45) is 0. The van der Waals surface area contributed by atoms with Crippen molar-refractivity contribution in [3.8, 4) is 0 Å². The van der Waals surface area contributed by atoms with E-state index in [1.54, 1.807) is 0 Å². The number of carbonyl (C=O) groups excluding carboxylic acids is 1. The molecule has 8 heteroatoms. The van der Waals surface area contributed by atoms with Crippen LogP contribution in [-0.4, -0.2) is 69.7 Å². The Morgan fingerprint density at radius 1 is 1.26 bits per heavy atom. The van der Waals surface area contributed by atoms with E-state index in [9.17, 15) is 4.79 Å². The summed E-state index contributed by atoms with van der Waals surface area (Å²) in [4.78, 5) is 20.4. The first kappa shape index (κ1) is 18.9. The van der Waals surface area contributed by atoms with Gasteiger partial charge in [0.15, 0.2) is 11.8 Å². The SMILES string of the molecule is CCNC(=NCc1nnc(C)n1C)N(C)CC(=O)N(CC)CC. The van der Waals surface area contributed by atoms with E-state index >= 15 is 0 Å². The predicted octanol–water partition coefficient (Wildman–Crippen LogP) is 0.389. The van der Waals surface area contributed by atoms with Crippen LogP contribution < -0.4 is 5.32 Å². The zero-order valence-electron chi connectivity index (χ0n) is 15.1. The number of guanidine groups is 1. The van der Waals surface area contributed by atoms with Gasteiger partial charge in [0, 0.05) is 33.7 Å². The quantitative estimate of drug-likeness (QED) is 0.580. The number of rotatable bonds is 7. The van der Waals surface area contributed by atoms with Gasteiger partial charge >= 0.3 is 0 Å². The molecule has 0 unspecified atom stereocenters. The molecule has 1 heterocycles. The zero-order chi connectivity index (χ0) is 17.4. The third-order valence-corrected chi connectivity index (χ3v) is 3.74. The highest BCUT2D eigenvalue weighted by molar-refractivity contribution is 5.86. The van der Waals surface area contributed by atoms with Crippen LogP contribution in [0, 0.1) is 6.92 Å². The van der Waals surface area contributed by atoms with Crippen molar-refractivity contribution in [1.29, 1.82) is 0 Å². The van der Waals surface area contributed by atoms with Crippen molar-refractivity contribution in [3.05, 3.63) is 11.6 Å². The third kappa shape index (κ3) is 5.22. The summed E-state index contributed by atoms with van der Waals surface area (Å²) in [5.74, 6) is 2.43. The second kappa shape index (κ2) is 9.12. The summed E-state index contributed by atoms with van der Waals surface area (Å²) in [5, 5.41) is 11.3. The molecule has 0 aliphatic carbocycles. The molecule has 0 aliphatic heterocycles. The first-order valence-corrected chi connectivity index (χ1v) is 8.06. The molecule has 0 bridgehead atoms. The normalized spacial score (nSPS) is 11.5. The summed E-state index contributed by atoms with van der Waals surface area (Å²) in [5.41, 5.74) is 0. The van der Waals surface area contributed by atoms with Crippen molar-refractivity contribution in [1.82, 2.24) is 29.9 Å². The van der Waals surface area contributed by atoms with Crippen molar-refractivity contribution in [2.24, 2.45) is 12.0 Å². The minimum absolute atomic E-state index is 0.0950. The lowest BCUT2D eigenvalue weighted by atomic mass is 10.4. The molecule has 1 aromatic heterocycles. The first-order valence-electron chi connectivity index (χ1n) is 8.06. The first-order chi connectivity index (χ1) is 10.9. The van der Waals surface area contributed by atoms with Crippen LogP contribution in [0.4, 0.5) is 0 Å². The van der Waals surface area contributed by atoms with Crippen LogP contribution in [0.1, 0.15) is 32.4 Å². The van der Waals surface area contributed by atoms with Gasteiger partial charge in [-0.05, 0) is 27.7 Å². The number of hydrogen-bond acceptors (Lipinski definition) is 4. The van der Waals surface area contributed by atoms with Gasteiger partial charge in [-0.3, -0.25) is 4.79 Å². The molecular formula is C15H29N7O. The molecule has 8 nitrogen and oxygen atoms in total. The van der Waals surface area contributed by atoms with E-state index in [2.05, 4.69) is 20.5 Å². The topological polar surface area (TPSA) is 78.6 Å². The van der Waals surface area contributed by atoms with E-state index in [0.29, 0.717) is 19.0 Å². The van der Waals surface area contributed by atoms with Crippen LogP contribution in [0.25, 0.3) is 0 Å². The molecule has 130 valence electrons. The van der Waals surface area contributed by atoms with Crippen LogP contribution in [-0.2, 0) is 18.4 Å². The highest BCUT2D eigenvalue weighted by atomic mass is 16.2. The van der Waals surface area contributed by atoms with Crippen molar-refractivity contribution in [3.63, 3.8) is 0 Å². The molecule has 0 saturated carbocycles. The van der Waals surface area contributed by atoms with Gasteiger partial charge in [0.25, 0.3) is 0 Å². The number of hydrogen-bond donors (Lipinski definition) is 1. The van der Waals surface area contributed by atoms with E-state index < -0.39 is 0 Å². The minimum atomic E-state index is 0.0950. The number of aromatic nitrogens is 3. The molecule has 0 radical (unpaired) electrons. The van der Waals surface area contributed by atoms with Crippen molar-refractivity contribution in [2.75, 3.05) is 33.2 Å². The number of aliphatic imine (C=N–C) groups is 1. The maximum Gasteiger partial charge on any atom is 0.242 e. The van der Waals surface area contributed by atoms with Gasteiger partial charge in [-0.2, -0.15) is 0 Å². The molecule has 1 N–H and O–H groups in total. The number of nitrogens with zero attached hydrogens (tertiary/aromatic N) is 6. The summed E-state index contributed by atoms with van der Waals surface area (Å²) in [6.45, 7) is 10.8. The van der Waals surface area contributed by atoms with Gasteiger partial charge in [0.2, 0.25) is 5.91 Å². The second-order valence-corrected chi connectivity index (χ2v) is 5.31. The Bertz CT molecular complexity index is 534. The lowest BCUT2D eigenvalue weighted by Crippen LogP contribution is -2.45. The predicted molar refractivity (Wildman–Crippen MR) is 91.1 cm³/mol. The zero-order valence-corrected chi connectivity index (χ0v) is 15.1. The minimum Gasteiger partial charge on any atom is -0.357 e. The van der Waals surface area contributed by atoms with Crippen LogP contribution in [0.5, 0.6) is 0 Å². The number of nitrogens with one attached hydrogen (secondary N) is 1.